The third-order valence-electron chi connectivity index (χ3n) is 3.19. The zero-order valence-corrected chi connectivity index (χ0v) is 15.0. The van der Waals surface area contributed by atoms with Gasteiger partial charge in [0, 0.05) is 19.4 Å². The lowest BCUT2D eigenvalue weighted by Gasteiger charge is -2.23. The van der Waals surface area contributed by atoms with Gasteiger partial charge in [-0.1, -0.05) is 30.3 Å². The highest BCUT2D eigenvalue weighted by atomic mass is 16.6. The molecule has 0 bridgehead atoms. The van der Waals surface area contributed by atoms with Gasteiger partial charge in [-0.25, -0.2) is 4.79 Å². The minimum absolute atomic E-state index is 0.198. The molecule has 1 rings (SSSR count). The first-order valence-electron chi connectivity index (χ1n) is 8.27. The van der Waals surface area contributed by atoms with Crippen LogP contribution in [-0.2, 0) is 20.7 Å². The van der Waals surface area contributed by atoms with Gasteiger partial charge in [-0.2, -0.15) is 0 Å². The second-order valence-corrected chi connectivity index (χ2v) is 6.75. The molecule has 4 N–H and O–H groups in total. The normalized spacial score (nSPS) is 12.1. The van der Waals surface area contributed by atoms with E-state index >= 15 is 0 Å². The first-order chi connectivity index (χ1) is 11.7. The molecule has 0 fully saturated rings. The van der Waals surface area contributed by atoms with E-state index in [4.69, 9.17) is 10.5 Å². The maximum absolute atomic E-state index is 12.4. The third-order valence-corrected chi connectivity index (χ3v) is 3.19. The minimum Gasteiger partial charge on any atom is -0.444 e. The smallest absolute Gasteiger partial charge is 0.408 e. The van der Waals surface area contributed by atoms with E-state index in [9.17, 15) is 14.4 Å². The molecule has 0 aliphatic rings. The number of nitrogens with one attached hydrogen (secondary N) is 2. The van der Waals surface area contributed by atoms with Crippen molar-refractivity contribution in [3.05, 3.63) is 35.9 Å². The summed E-state index contributed by atoms with van der Waals surface area (Å²) in [5.41, 5.74) is 5.33. The van der Waals surface area contributed by atoms with Crippen molar-refractivity contribution in [2.75, 3.05) is 6.54 Å². The lowest BCUT2D eigenvalue weighted by molar-refractivity contribution is -0.123. The van der Waals surface area contributed by atoms with E-state index in [1.54, 1.807) is 20.8 Å². The second-order valence-electron chi connectivity index (χ2n) is 6.75. The number of rotatable bonds is 8. The fourth-order valence-corrected chi connectivity index (χ4v) is 2.11. The maximum Gasteiger partial charge on any atom is 0.408 e. The van der Waals surface area contributed by atoms with E-state index in [1.165, 1.54) is 0 Å². The molecule has 0 radical (unpaired) electrons. The molecule has 3 amide bonds. The molecule has 0 heterocycles. The average Bonchev–Trinajstić information content (AvgIpc) is 2.49. The fraction of sp³-hybridized carbons (Fsp3) is 0.500. The van der Waals surface area contributed by atoms with Crippen molar-refractivity contribution in [1.29, 1.82) is 0 Å². The molecule has 138 valence electrons. The molecule has 1 atom stereocenters. The molecule has 1 aromatic rings. The minimum atomic E-state index is -0.772. The second kappa shape index (κ2) is 9.66. The molecule has 0 unspecified atom stereocenters. The quantitative estimate of drug-likeness (QED) is 0.618. The Hall–Kier alpha value is -2.57. The molecule has 7 nitrogen and oxygen atoms in total. The van der Waals surface area contributed by atoms with Gasteiger partial charge < -0.3 is 21.1 Å². The van der Waals surface area contributed by atoms with Crippen LogP contribution in [0.1, 0.15) is 39.2 Å². The van der Waals surface area contributed by atoms with Gasteiger partial charge in [0.25, 0.3) is 0 Å². The highest BCUT2D eigenvalue weighted by molar-refractivity contribution is 5.86. The highest BCUT2D eigenvalue weighted by Gasteiger charge is 2.24. The van der Waals surface area contributed by atoms with Gasteiger partial charge in [-0.05, 0) is 32.8 Å². The van der Waals surface area contributed by atoms with Crippen molar-refractivity contribution in [3.8, 4) is 0 Å². The lowest BCUT2D eigenvalue weighted by Crippen LogP contribution is -2.49. The SMILES string of the molecule is CC(C)(C)OC(=O)N[C@@H](Cc1ccccc1)C(=O)NCCCC(N)=O. The maximum atomic E-state index is 12.4. The summed E-state index contributed by atoms with van der Waals surface area (Å²) >= 11 is 0. The van der Waals surface area contributed by atoms with E-state index < -0.39 is 23.6 Å². The van der Waals surface area contributed by atoms with Crippen molar-refractivity contribution >= 4 is 17.9 Å². The van der Waals surface area contributed by atoms with E-state index in [0.29, 0.717) is 19.4 Å². The molecular formula is C18H27N3O4. The Kier molecular flexibility index (Phi) is 7.91. The predicted octanol–water partition coefficient (Wildman–Crippen LogP) is 1.50. The van der Waals surface area contributed by atoms with Gasteiger partial charge in [0.1, 0.15) is 11.6 Å². The van der Waals surface area contributed by atoms with Crippen LogP contribution in [0.5, 0.6) is 0 Å². The van der Waals surface area contributed by atoms with Crippen LogP contribution in [0.4, 0.5) is 4.79 Å². The van der Waals surface area contributed by atoms with E-state index in [2.05, 4.69) is 10.6 Å². The van der Waals surface area contributed by atoms with Crippen LogP contribution in [0.3, 0.4) is 0 Å². The van der Waals surface area contributed by atoms with Crippen LogP contribution >= 0.6 is 0 Å². The number of nitrogens with two attached hydrogens (primary N) is 1. The Morgan fingerprint density at radius 2 is 1.80 bits per heavy atom. The molecule has 25 heavy (non-hydrogen) atoms. The molecule has 0 aliphatic carbocycles. The van der Waals surface area contributed by atoms with E-state index in [1.807, 2.05) is 30.3 Å². The molecule has 0 aliphatic heterocycles. The Bertz CT molecular complexity index is 582. The van der Waals surface area contributed by atoms with Gasteiger partial charge in [-0.3, -0.25) is 9.59 Å². The molecule has 0 saturated carbocycles. The Morgan fingerprint density at radius 3 is 2.36 bits per heavy atom. The number of benzene rings is 1. The van der Waals surface area contributed by atoms with E-state index in [-0.39, 0.29) is 12.3 Å². The summed E-state index contributed by atoms with van der Waals surface area (Å²) in [5.74, 6) is -0.749. The van der Waals surface area contributed by atoms with Crippen molar-refractivity contribution < 1.29 is 19.1 Å². The number of hydrogen-bond acceptors (Lipinski definition) is 4. The Labute approximate surface area is 148 Å². The van der Waals surface area contributed by atoms with Crippen molar-refractivity contribution in [2.45, 2.75) is 51.7 Å². The molecule has 0 aromatic heterocycles. The molecule has 7 heteroatoms. The van der Waals surface area contributed by atoms with Crippen LogP contribution in [0.25, 0.3) is 0 Å². The summed E-state index contributed by atoms with van der Waals surface area (Å²) in [5, 5.41) is 5.32. The van der Waals surface area contributed by atoms with Gasteiger partial charge >= 0.3 is 6.09 Å². The number of ether oxygens (including phenoxy) is 1. The van der Waals surface area contributed by atoms with Crippen molar-refractivity contribution in [1.82, 2.24) is 10.6 Å². The van der Waals surface area contributed by atoms with Gasteiger partial charge in [-0.15, -0.1) is 0 Å². The summed E-state index contributed by atoms with van der Waals surface area (Å²) in [6.45, 7) is 5.57. The number of primary amides is 1. The summed E-state index contributed by atoms with van der Waals surface area (Å²) in [7, 11) is 0. The first-order valence-corrected chi connectivity index (χ1v) is 8.27. The summed E-state index contributed by atoms with van der Waals surface area (Å²) in [6, 6.07) is 8.60. The number of carbonyl (C=O) groups is 3. The average molecular weight is 349 g/mol. The van der Waals surface area contributed by atoms with Crippen molar-refractivity contribution in [3.63, 3.8) is 0 Å². The fourth-order valence-electron chi connectivity index (χ4n) is 2.11. The lowest BCUT2D eigenvalue weighted by atomic mass is 10.1. The monoisotopic (exact) mass is 349 g/mol. The number of amides is 3. The van der Waals surface area contributed by atoms with Crippen LogP contribution in [-0.4, -0.2) is 36.1 Å². The predicted molar refractivity (Wildman–Crippen MR) is 94.7 cm³/mol. The molecule has 0 spiro atoms. The number of alkyl carbamates (subject to hydrolysis) is 1. The molecule has 0 saturated heterocycles. The number of hydrogen-bond donors (Lipinski definition) is 3. The van der Waals surface area contributed by atoms with Gasteiger partial charge in [0.2, 0.25) is 11.8 Å². The molecule has 1 aromatic carbocycles. The standard InChI is InChI=1S/C18H27N3O4/c1-18(2,3)25-17(24)21-14(12-13-8-5-4-6-9-13)16(23)20-11-7-10-15(19)22/h4-6,8-9,14H,7,10-12H2,1-3H3,(H2,19,22)(H,20,23)(H,21,24)/t14-/m0/s1. The van der Waals surface area contributed by atoms with Gasteiger partial charge in [0.15, 0.2) is 0 Å². The van der Waals surface area contributed by atoms with Crippen molar-refractivity contribution in [2.24, 2.45) is 5.73 Å². The van der Waals surface area contributed by atoms with E-state index in [0.717, 1.165) is 5.56 Å². The Balaban J connectivity index is 2.68. The third kappa shape index (κ3) is 9.34. The van der Waals surface area contributed by atoms with Crippen LogP contribution in [0.2, 0.25) is 0 Å². The van der Waals surface area contributed by atoms with Crippen LogP contribution in [0, 0.1) is 0 Å². The topological polar surface area (TPSA) is 111 Å². The highest BCUT2D eigenvalue weighted by Crippen LogP contribution is 2.08. The Morgan fingerprint density at radius 1 is 1.16 bits per heavy atom. The zero-order chi connectivity index (χ0) is 18.9. The van der Waals surface area contributed by atoms with Crippen LogP contribution < -0.4 is 16.4 Å². The summed E-state index contributed by atoms with van der Waals surface area (Å²) in [6.07, 6.45) is 0.330. The largest absolute Gasteiger partial charge is 0.444 e. The zero-order valence-electron chi connectivity index (χ0n) is 15.0. The van der Waals surface area contributed by atoms with Crippen LogP contribution in [0.15, 0.2) is 30.3 Å². The summed E-state index contributed by atoms with van der Waals surface area (Å²) in [4.78, 5) is 35.1. The first kappa shape index (κ1) is 20.5. The summed E-state index contributed by atoms with van der Waals surface area (Å²) < 4.78 is 5.22. The molecular weight excluding hydrogens is 322 g/mol. The number of carbonyl (C=O) groups excluding carboxylic acids is 3. The van der Waals surface area contributed by atoms with Gasteiger partial charge in [0.05, 0.1) is 0 Å².